The van der Waals surface area contributed by atoms with Crippen molar-refractivity contribution >= 4 is 0 Å². The van der Waals surface area contributed by atoms with Gasteiger partial charge in [-0.3, -0.25) is 0 Å². The molecule has 1 rings (SSSR count). The van der Waals surface area contributed by atoms with E-state index in [2.05, 4.69) is 0 Å². The van der Waals surface area contributed by atoms with Crippen LogP contribution in [0.3, 0.4) is 0 Å². The summed E-state index contributed by atoms with van der Waals surface area (Å²) < 4.78 is 11.0. The molecule has 0 saturated carbocycles. The van der Waals surface area contributed by atoms with Crippen LogP contribution in [0, 0.1) is 6.92 Å². The molecule has 1 atom stereocenters. The first-order valence-electron chi connectivity index (χ1n) is 6.03. The molecule has 3 nitrogen and oxygen atoms in total. The predicted molar refractivity (Wildman–Crippen MR) is 68.4 cm³/mol. The second-order valence-electron chi connectivity index (χ2n) is 4.49. The molecule has 0 aromatic heterocycles. The lowest BCUT2D eigenvalue weighted by Gasteiger charge is -2.15. The minimum Gasteiger partial charge on any atom is -0.491 e. The fourth-order valence-electron chi connectivity index (χ4n) is 1.56. The Hall–Kier alpha value is -1.06. The van der Waals surface area contributed by atoms with Gasteiger partial charge in [0.2, 0.25) is 0 Å². The van der Waals surface area contributed by atoms with Crippen molar-refractivity contribution < 1.29 is 14.6 Å². The molecule has 0 aliphatic heterocycles. The minimum atomic E-state index is -0.518. The molecule has 0 fully saturated rings. The van der Waals surface area contributed by atoms with Crippen LogP contribution >= 0.6 is 0 Å². The summed E-state index contributed by atoms with van der Waals surface area (Å²) in [6.07, 6.45) is -0.302. The average molecular weight is 238 g/mol. The molecule has 0 amide bonds. The number of hydrogen-bond donors (Lipinski definition) is 1. The van der Waals surface area contributed by atoms with Crippen LogP contribution in [0.25, 0.3) is 0 Å². The van der Waals surface area contributed by atoms with E-state index in [0.717, 1.165) is 16.9 Å². The van der Waals surface area contributed by atoms with Crippen molar-refractivity contribution in [1.29, 1.82) is 0 Å². The molecule has 1 aromatic carbocycles. The summed E-state index contributed by atoms with van der Waals surface area (Å²) in [6.45, 7) is 8.79. The third kappa shape index (κ3) is 4.75. The van der Waals surface area contributed by atoms with E-state index in [9.17, 15) is 5.11 Å². The smallest absolute Gasteiger partial charge is 0.125 e. The highest BCUT2D eigenvalue weighted by atomic mass is 16.5. The van der Waals surface area contributed by atoms with Gasteiger partial charge >= 0.3 is 0 Å². The zero-order valence-corrected chi connectivity index (χ0v) is 11.1. The summed E-state index contributed by atoms with van der Waals surface area (Å²) in [5.41, 5.74) is 1.95. The van der Waals surface area contributed by atoms with E-state index in [0.29, 0.717) is 13.2 Å². The monoisotopic (exact) mass is 238 g/mol. The fraction of sp³-hybridized carbons (Fsp3) is 0.571. The fourth-order valence-corrected chi connectivity index (χ4v) is 1.56. The molecule has 3 heteroatoms. The van der Waals surface area contributed by atoms with Gasteiger partial charge in [-0.25, -0.2) is 0 Å². The Kier molecular flexibility index (Phi) is 5.45. The number of hydrogen-bond acceptors (Lipinski definition) is 3. The second-order valence-corrected chi connectivity index (χ2v) is 4.49. The Bertz CT molecular complexity index is 345. The number of ether oxygens (including phenoxy) is 2. The first-order chi connectivity index (χ1) is 8.00. The van der Waals surface area contributed by atoms with Crippen LogP contribution in [-0.4, -0.2) is 24.4 Å². The van der Waals surface area contributed by atoms with Crippen molar-refractivity contribution in [2.45, 2.75) is 39.9 Å². The van der Waals surface area contributed by atoms with E-state index < -0.39 is 6.10 Å². The van der Waals surface area contributed by atoms with Crippen LogP contribution in [0.4, 0.5) is 0 Å². The van der Waals surface area contributed by atoms with Crippen molar-refractivity contribution in [3.05, 3.63) is 29.3 Å². The Morgan fingerprint density at radius 3 is 2.47 bits per heavy atom. The van der Waals surface area contributed by atoms with Crippen LogP contribution in [0.15, 0.2) is 18.2 Å². The maximum Gasteiger partial charge on any atom is 0.125 e. The molecular weight excluding hydrogens is 216 g/mol. The molecule has 0 aliphatic rings. The molecule has 96 valence electrons. The van der Waals surface area contributed by atoms with E-state index in [-0.39, 0.29) is 6.10 Å². The minimum absolute atomic E-state index is 0.216. The first-order valence-corrected chi connectivity index (χ1v) is 6.03. The maximum absolute atomic E-state index is 9.66. The van der Waals surface area contributed by atoms with E-state index in [4.69, 9.17) is 9.47 Å². The third-order valence-electron chi connectivity index (χ3n) is 2.41. The SMILES string of the molecule is Cc1ccc(OCCOC(C)C)c([C@H](C)O)c1. The first kappa shape index (κ1) is 14.0. The van der Waals surface area contributed by atoms with E-state index in [1.807, 2.05) is 39.0 Å². The standard InChI is InChI=1S/C14H22O3/c1-10(2)16-7-8-17-14-6-5-11(3)9-13(14)12(4)15/h5-6,9-10,12,15H,7-8H2,1-4H3/t12-/m0/s1. The summed E-state index contributed by atoms with van der Waals surface area (Å²) in [7, 11) is 0. The third-order valence-corrected chi connectivity index (χ3v) is 2.41. The van der Waals surface area contributed by atoms with Crippen molar-refractivity contribution in [3.63, 3.8) is 0 Å². The van der Waals surface area contributed by atoms with Crippen molar-refractivity contribution in [2.24, 2.45) is 0 Å². The van der Waals surface area contributed by atoms with Gasteiger partial charge in [-0.2, -0.15) is 0 Å². The van der Waals surface area contributed by atoms with Gasteiger partial charge in [0.15, 0.2) is 0 Å². The largest absolute Gasteiger partial charge is 0.491 e. The molecule has 1 aromatic rings. The summed E-state index contributed by atoms with van der Waals surface area (Å²) in [4.78, 5) is 0. The highest BCUT2D eigenvalue weighted by Gasteiger charge is 2.09. The molecule has 0 saturated heterocycles. The summed E-state index contributed by atoms with van der Waals surface area (Å²) >= 11 is 0. The Morgan fingerprint density at radius 1 is 1.18 bits per heavy atom. The topological polar surface area (TPSA) is 38.7 Å². The van der Waals surface area contributed by atoms with Crippen molar-refractivity contribution in [2.75, 3.05) is 13.2 Å². The molecule has 0 bridgehead atoms. The molecule has 0 radical (unpaired) electrons. The molecule has 0 heterocycles. The Morgan fingerprint density at radius 2 is 1.88 bits per heavy atom. The summed E-state index contributed by atoms with van der Waals surface area (Å²) in [6, 6.07) is 5.82. The van der Waals surface area contributed by atoms with Crippen LogP contribution in [-0.2, 0) is 4.74 Å². The average Bonchev–Trinajstić information content (AvgIpc) is 2.25. The molecular formula is C14H22O3. The second kappa shape index (κ2) is 6.62. The number of aliphatic hydroxyl groups excluding tert-OH is 1. The van der Waals surface area contributed by atoms with Gasteiger partial charge in [0.25, 0.3) is 0 Å². The van der Waals surface area contributed by atoms with Gasteiger partial charge in [-0.15, -0.1) is 0 Å². The van der Waals surface area contributed by atoms with Crippen LogP contribution < -0.4 is 4.74 Å². The van der Waals surface area contributed by atoms with Crippen molar-refractivity contribution in [1.82, 2.24) is 0 Å². The molecule has 0 aliphatic carbocycles. The van der Waals surface area contributed by atoms with Gasteiger partial charge in [0.05, 0.1) is 18.8 Å². The summed E-state index contributed by atoms with van der Waals surface area (Å²) in [5, 5.41) is 9.66. The van der Waals surface area contributed by atoms with Crippen LogP contribution in [0.1, 0.15) is 38.0 Å². The van der Waals surface area contributed by atoms with Gasteiger partial charge in [-0.05, 0) is 39.8 Å². The molecule has 1 N–H and O–H groups in total. The zero-order valence-electron chi connectivity index (χ0n) is 11.1. The molecule has 0 spiro atoms. The van der Waals surface area contributed by atoms with E-state index in [1.54, 1.807) is 6.92 Å². The van der Waals surface area contributed by atoms with Gasteiger partial charge < -0.3 is 14.6 Å². The lowest BCUT2D eigenvalue weighted by Crippen LogP contribution is -2.12. The predicted octanol–water partition coefficient (Wildman–Crippen LogP) is 2.85. The molecule has 17 heavy (non-hydrogen) atoms. The van der Waals surface area contributed by atoms with Crippen LogP contribution in [0.5, 0.6) is 5.75 Å². The van der Waals surface area contributed by atoms with Gasteiger partial charge in [0.1, 0.15) is 12.4 Å². The van der Waals surface area contributed by atoms with Crippen molar-refractivity contribution in [3.8, 4) is 5.75 Å². The lowest BCUT2D eigenvalue weighted by atomic mass is 10.1. The Balaban J connectivity index is 2.58. The lowest BCUT2D eigenvalue weighted by molar-refractivity contribution is 0.0543. The highest BCUT2D eigenvalue weighted by molar-refractivity contribution is 5.38. The number of benzene rings is 1. The van der Waals surface area contributed by atoms with Crippen LogP contribution in [0.2, 0.25) is 0 Å². The number of aliphatic hydroxyl groups is 1. The zero-order chi connectivity index (χ0) is 12.8. The number of aryl methyl sites for hydroxylation is 1. The van der Waals surface area contributed by atoms with Gasteiger partial charge in [-0.1, -0.05) is 11.6 Å². The quantitative estimate of drug-likeness (QED) is 0.774. The highest BCUT2D eigenvalue weighted by Crippen LogP contribution is 2.26. The van der Waals surface area contributed by atoms with Gasteiger partial charge in [0, 0.05) is 5.56 Å². The van der Waals surface area contributed by atoms with E-state index >= 15 is 0 Å². The summed E-state index contributed by atoms with van der Waals surface area (Å²) in [5.74, 6) is 0.734. The normalized spacial score (nSPS) is 12.8. The maximum atomic E-state index is 9.66. The molecule has 0 unspecified atom stereocenters. The van der Waals surface area contributed by atoms with E-state index in [1.165, 1.54) is 0 Å². The Labute approximate surface area is 103 Å². The number of rotatable bonds is 6.